The molecule has 3 aromatic rings. The first-order valence-corrected chi connectivity index (χ1v) is 7.02. The van der Waals surface area contributed by atoms with Crippen LogP contribution >= 0.6 is 11.6 Å². The highest BCUT2D eigenvalue weighted by atomic mass is 35.5. The molecule has 0 spiro atoms. The second-order valence-electron chi connectivity index (χ2n) is 4.77. The van der Waals surface area contributed by atoms with E-state index in [1.54, 1.807) is 6.07 Å². The quantitative estimate of drug-likeness (QED) is 0.659. The summed E-state index contributed by atoms with van der Waals surface area (Å²) in [7, 11) is 0. The molecule has 0 amide bonds. The Morgan fingerprint density at radius 3 is 2.80 bits per heavy atom. The van der Waals surface area contributed by atoms with Gasteiger partial charge in [0.15, 0.2) is 0 Å². The number of halogens is 2. The second kappa shape index (κ2) is 5.25. The molecule has 0 aliphatic carbocycles. The molecule has 0 unspecified atom stereocenters. The van der Waals surface area contributed by atoms with E-state index in [0.717, 1.165) is 17.0 Å². The zero-order valence-electron chi connectivity index (χ0n) is 11.1. The first kappa shape index (κ1) is 13.1. The average Bonchev–Trinajstić information content (AvgIpc) is 2.76. The normalized spacial score (nSPS) is 11.2. The Balaban J connectivity index is 2.28. The van der Waals surface area contributed by atoms with Crippen molar-refractivity contribution in [3.05, 3.63) is 59.7 Å². The highest BCUT2D eigenvalue weighted by Crippen LogP contribution is 2.23. The Labute approximate surface area is 121 Å². The maximum atomic E-state index is 13.4. The molecule has 1 aromatic heterocycles. The summed E-state index contributed by atoms with van der Waals surface area (Å²) in [6.07, 6.45) is 0.645. The molecule has 0 radical (unpaired) electrons. The predicted molar refractivity (Wildman–Crippen MR) is 80.2 cm³/mol. The number of aromatic nitrogens is 2. The zero-order chi connectivity index (χ0) is 14.1. The van der Waals surface area contributed by atoms with Crippen molar-refractivity contribution in [1.29, 1.82) is 0 Å². The molecule has 0 N–H and O–H groups in total. The minimum absolute atomic E-state index is 0.274. The maximum absolute atomic E-state index is 13.4. The smallest absolute Gasteiger partial charge is 0.125 e. The summed E-state index contributed by atoms with van der Waals surface area (Å²) in [6.45, 7) is 2.05. The van der Waals surface area contributed by atoms with Crippen molar-refractivity contribution in [2.24, 2.45) is 0 Å². The second-order valence-corrected chi connectivity index (χ2v) is 5.15. The molecule has 102 valence electrons. The van der Waals surface area contributed by atoms with Gasteiger partial charge in [0.25, 0.3) is 0 Å². The maximum Gasteiger partial charge on any atom is 0.125 e. The van der Waals surface area contributed by atoms with E-state index in [2.05, 4.69) is 11.1 Å². The molecule has 0 atom stereocenters. The van der Waals surface area contributed by atoms with Gasteiger partial charge >= 0.3 is 0 Å². The van der Waals surface area contributed by atoms with Crippen LogP contribution in [-0.2, 0) is 6.42 Å². The predicted octanol–water partition coefficient (Wildman–Crippen LogP) is 4.25. The molecule has 0 bridgehead atoms. The van der Waals surface area contributed by atoms with Crippen molar-refractivity contribution in [3.63, 3.8) is 0 Å². The van der Waals surface area contributed by atoms with Gasteiger partial charge in [-0.2, -0.15) is 0 Å². The van der Waals surface area contributed by atoms with Crippen LogP contribution in [0.1, 0.15) is 11.4 Å². The lowest BCUT2D eigenvalue weighted by molar-refractivity contribution is 0.629. The van der Waals surface area contributed by atoms with Gasteiger partial charge in [-0.1, -0.05) is 12.1 Å². The molecule has 2 nitrogen and oxygen atoms in total. The van der Waals surface area contributed by atoms with Gasteiger partial charge in [-0.3, -0.25) is 4.57 Å². The molecule has 0 saturated carbocycles. The molecule has 4 heteroatoms. The van der Waals surface area contributed by atoms with Crippen molar-refractivity contribution in [3.8, 4) is 5.69 Å². The third-order valence-electron chi connectivity index (χ3n) is 3.26. The summed E-state index contributed by atoms with van der Waals surface area (Å²) in [6, 6.07) is 12.8. The first-order chi connectivity index (χ1) is 9.69. The van der Waals surface area contributed by atoms with Gasteiger partial charge < -0.3 is 0 Å². The Kier molecular flexibility index (Phi) is 3.45. The van der Waals surface area contributed by atoms with Crippen molar-refractivity contribution in [2.75, 3.05) is 5.88 Å². The largest absolute Gasteiger partial charge is 0.296 e. The molecule has 0 aliphatic rings. The van der Waals surface area contributed by atoms with Crippen LogP contribution in [0.4, 0.5) is 4.39 Å². The van der Waals surface area contributed by atoms with Gasteiger partial charge in [0, 0.05) is 24.1 Å². The van der Waals surface area contributed by atoms with Gasteiger partial charge in [-0.05, 0) is 36.8 Å². The lowest BCUT2D eigenvalue weighted by atomic mass is 10.2. The number of hydrogen-bond donors (Lipinski definition) is 0. The Morgan fingerprint density at radius 2 is 2.05 bits per heavy atom. The van der Waals surface area contributed by atoms with Gasteiger partial charge in [0.1, 0.15) is 11.6 Å². The fourth-order valence-electron chi connectivity index (χ4n) is 2.41. The minimum Gasteiger partial charge on any atom is -0.296 e. The van der Waals surface area contributed by atoms with E-state index in [0.29, 0.717) is 17.8 Å². The first-order valence-electron chi connectivity index (χ1n) is 6.49. The summed E-state index contributed by atoms with van der Waals surface area (Å²) < 4.78 is 15.4. The number of rotatable bonds is 3. The third-order valence-corrected chi connectivity index (χ3v) is 3.45. The standard InChI is InChI=1S/C16H14ClFN2/c1-11-3-2-4-13(9-11)20-15-6-5-12(18)10-14(15)19-16(20)7-8-17/h2-6,9-10H,7-8H2,1H3. The Hall–Kier alpha value is -1.87. The van der Waals surface area contributed by atoms with Crippen molar-refractivity contribution in [1.82, 2.24) is 9.55 Å². The van der Waals surface area contributed by atoms with Crippen LogP contribution in [0, 0.1) is 12.7 Å². The SMILES string of the molecule is Cc1cccc(-n2c(CCCl)nc3cc(F)ccc32)c1. The Morgan fingerprint density at radius 1 is 1.20 bits per heavy atom. The number of benzene rings is 2. The lowest BCUT2D eigenvalue weighted by Gasteiger charge is -2.09. The van der Waals surface area contributed by atoms with Gasteiger partial charge in [-0.25, -0.2) is 9.37 Å². The van der Waals surface area contributed by atoms with E-state index in [1.165, 1.54) is 17.7 Å². The topological polar surface area (TPSA) is 17.8 Å². The zero-order valence-corrected chi connectivity index (χ0v) is 11.9. The van der Waals surface area contributed by atoms with Gasteiger partial charge in [0.2, 0.25) is 0 Å². The number of aryl methyl sites for hydroxylation is 2. The fraction of sp³-hybridized carbons (Fsp3) is 0.188. The monoisotopic (exact) mass is 288 g/mol. The number of fused-ring (bicyclic) bond motifs is 1. The van der Waals surface area contributed by atoms with E-state index in [9.17, 15) is 4.39 Å². The van der Waals surface area contributed by atoms with Crippen LogP contribution < -0.4 is 0 Å². The van der Waals surface area contributed by atoms with Crippen molar-refractivity contribution < 1.29 is 4.39 Å². The highest BCUT2D eigenvalue weighted by Gasteiger charge is 2.12. The number of hydrogen-bond acceptors (Lipinski definition) is 1. The summed E-state index contributed by atoms with van der Waals surface area (Å²) in [5.41, 5.74) is 3.76. The van der Waals surface area contributed by atoms with Crippen LogP contribution in [0.25, 0.3) is 16.7 Å². The molecule has 20 heavy (non-hydrogen) atoms. The number of nitrogens with zero attached hydrogens (tertiary/aromatic N) is 2. The van der Waals surface area contributed by atoms with Crippen LogP contribution in [-0.4, -0.2) is 15.4 Å². The Bertz CT molecular complexity index is 764. The molecular formula is C16H14ClFN2. The molecule has 2 aromatic carbocycles. The summed E-state index contributed by atoms with van der Waals surface area (Å²) in [5.74, 6) is 1.06. The summed E-state index contributed by atoms with van der Waals surface area (Å²) in [5, 5.41) is 0. The molecular weight excluding hydrogens is 275 g/mol. The minimum atomic E-state index is -0.274. The highest BCUT2D eigenvalue weighted by molar-refractivity contribution is 6.17. The summed E-state index contributed by atoms with van der Waals surface area (Å²) in [4.78, 5) is 4.51. The molecule has 3 rings (SSSR count). The van der Waals surface area contributed by atoms with Crippen LogP contribution in [0.15, 0.2) is 42.5 Å². The van der Waals surface area contributed by atoms with Crippen molar-refractivity contribution in [2.45, 2.75) is 13.3 Å². The van der Waals surface area contributed by atoms with Gasteiger partial charge in [-0.15, -0.1) is 11.6 Å². The fourth-order valence-corrected chi connectivity index (χ4v) is 2.58. The van der Waals surface area contributed by atoms with Crippen molar-refractivity contribution >= 4 is 22.6 Å². The molecule has 0 fully saturated rings. The van der Waals surface area contributed by atoms with E-state index in [1.807, 2.05) is 29.7 Å². The summed E-state index contributed by atoms with van der Waals surface area (Å²) >= 11 is 5.86. The molecule has 0 aliphatic heterocycles. The molecule has 1 heterocycles. The molecule has 0 saturated heterocycles. The van der Waals surface area contributed by atoms with Crippen LogP contribution in [0.2, 0.25) is 0 Å². The van der Waals surface area contributed by atoms with E-state index in [-0.39, 0.29) is 5.82 Å². The lowest BCUT2D eigenvalue weighted by Crippen LogP contribution is -2.02. The third kappa shape index (κ3) is 2.29. The van der Waals surface area contributed by atoms with E-state index in [4.69, 9.17) is 11.6 Å². The van der Waals surface area contributed by atoms with Crippen LogP contribution in [0.5, 0.6) is 0 Å². The van der Waals surface area contributed by atoms with Gasteiger partial charge in [0.05, 0.1) is 11.0 Å². The van der Waals surface area contributed by atoms with E-state index >= 15 is 0 Å². The number of alkyl halides is 1. The van der Waals surface area contributed by atoms with Crippen LogP contribution in [0.3, 0.4) is 0 Å². The van der Waals surface area contributed by atoms with E-state index < -0.39 is 0 Å². The number of imidazole rings is 1. The average molecular weight is 289 g/mol.